The predicted molar refractivity (Wildman–Crippen MR) is 80.7 cm³/mol. The number of methoxy groups -OCH3 is 1. The van der Waals surface area contributed by atoms with Crippen LogP contribution in [-0.2, 0) is 11.3 Å². The second kappa shape index (κ2) is 6.43. The van der Waals surface area contributed by atoms with Crippen LogP contribution >= 0.6 is 15.9 Å². The number of benzene rings is 2. The summed E-state index contributed by atoms with van der Waals surface area (Å²) in [6.07, 6.45) is 0. The Kier molecular flexibility index (Phi) is 4.63. The molecule has 2 N–H and O–H groups in total. The van der Waals surface area contributed by atoms with Gasteiger partial charge in [-0.3, -0.25) is 0 Å². The number of hydrogen-bond donors (Lipinski definition) is 1. The van der Waals surface area contributed by atoms with Gasteiger partial charge in [-0.2, -0.15) is 0 Å². The molecule has 0 aliphatic carbocycles. The minimum atomic E-state index is -0.403. The van der Waals surface area contributed by atoms with Gasteiger partial charge in [-0.15, -0.1) is 0 Å². The van der Waals surface area contributed by atoms with E-state index in [2.05, 4.69) is 15.9 Å². The van der Waals surface area contributed by atoms with Crippen LogP contribution in [0.2, 0.25) is 0 Å². The minimum Gasteiger partial charge on any atom is -0.497 e. The van der Waals surface area contributed by atoms with Crippen molar-refractivity contribution < 1.29 is 14.3 Å². The van der Waals surface area contributed by atoms with Crippen molar-refractivity contribution in [2.75, 3.05) is 12.8 Å². The second-order valence-electron chi connectivity index (χ2n) is 4.16. The smallest absolute Gasteiger partial charge is 0.338 e. The van der Waals surface area contributed by atoms with E-state index >= 15 is 0 Å². The molecular weight excluding hydrogens is 322 g/mol. The molecule has 104 valence electrons. The van der Waals surface area contributed by atoms with Crippen molar-refractivity contribution >= 4 is 27.6 Å². The van der Waals surface area contributed by atoms with Gasteiger partial charge in [-0.05, 0) is 51.8 Å². The van der Waals surface area contributed by atoms with E-state index < -0.39 is 5.97 Å². The molecule has 0 heterocycles. The number of rotatable bonds is 4. The van der Waals surface area contributed by atoms with E-state index in [-0.39, 0.29) is 6.61 Å². The highest BCUT2D eigenvalue weighted by Crippen LogP contribution is 2.21. The number of hydrogen-bond acceptors (Lipinski definition) is 4. The highest BCUT2D eigenvalue weighted by molar-refractivity contribution is 9.10. The van der Waals surface area contributed by atoms with Crippen LogP contribution in [0.4, 0.5) is 5.69 Å². The maximum Gasteiger partial charge on any atom is 0.338 e. The Hall–Kier alpha value is -2.01. The van der Waals surface area contributed by atoms with Crippen molar-refractivity contribution in [2.45, 2.75) is 6.61 Å². The average molecular weight is 336 g/mol. The first kappa shape index (κ1) is 14.4. The van der Waals surface area contributed by atoms with E-state index in [0.717, 1.165) is 15.8 Å². The number of anilines is 1. The molecule has 0 unspecified atom stereocenters. The molecule has 20 heavy (non-hydrogen) atoms. The van der Waals surface area contributed by atoms with Gasteiger partial charge in [0.05, 0.1) is 12.7 Å². The minimum absolute atomic E-state index is 0.207. The third-order valence-electron chi connectivity index (χ3n) is 2.76. The third-order valence-corrected chi connectivity index (χ3v) is 3.48. The summed E-state index contributed by atoms with van der Waals surface area (Å²) in [7, 11) is 1.60. The Labute approximate surface area is 125 Å². The predicted octanol–water partition coefficient (Wildman–Crippen LogP) is 3.40. The topological polar surface area (TPSA) is 61.5 Å². The molecule has 5 heteroatoms. The summed E-state index contributed by atoms with van der Waals surface area (Å²) in [5.41, 5.74) is 7.56. The van der Waals surface area contributed by atoms with E-state index in [1.54, 1.807) is 25.3 Å². The number of carbonyl (C=O) groups excluding carboxylic acids is 1. The molecule has 0 spiro atoms. The third kappa shape index (κ3) is 3.51. The maximum absolute atomic E-state index is 11.9. The van der Waals surface area contributed by atoms with Gasteiger partial charge >= 0.3 is 5.97 Å². The molecule has 0 aromatic heterocycles. The Bertz CT molecular complexity index is 611. The van der Waals surface area contributed by atoms with Gasteiger partial charge in [0, 0.05) is 10.2 Å². The molecule has 4 nitrogen and oxygen atoms in total. The first-order valence-electron chi connectivity index (χ1n) is 5.95. The lowest BCUT2D eigenvalue weighted by Crippen LogP contribution is -2.06. The summed E-state index contributed by atoms with van der Waals surface area (Å²) in [4.78, 5) is 11.9. The van der Waals surface area contributed by atoms with Crippen molar-refractivity contribution in [2.24, 2.45) is 0 Å². The standard InChI is InChI=1S/C15H14BrNO3/c1-19-12-5-2-10(3-6-12)9-20-15(18)11-4-7-13(16)14(17)8-11/h2-8H,9,17H2,1H3. The van der Waals surface area contributed by atoms with Crippen molar-refractivity contribution in [3.05, 3.63) is 58.1 Å². The number of esters is 1. The second-order valence-corrected chi connectivity index (χ2v) is 5.01. The van der Waals surface area contributed by atoms with Crippen LogP contribution in [0.1, 0.15) is 15.9 Å². The molecule has 2 aromatic rings. The average Bonchev–Trinajstić information content (AvgIpc) is 2.48. The lowest BCUT2D eigenvalue weighted by Gasteiger charge is -2.07. The van der Waals surface area contributed by atoms with Crippen LogP contribution in [0, 0.1) is 0 Å². The molecule has 0 radical (unpaired) electrons. The van der Waals surface area contributed by atoms with Gasteiger partial charge < -0.3 is 15.2 Å². The molecule has 0 atom stereocenters. The molecule has 2 aromatic carbocycles. The summed E-state index contributed by atoms with van der Waals surface area (Å²) in [5, 5.41) is 0. The van der Waals surface area contributed by atoms with Gasteiger partial charge in [-0.1, -0.05) is 12.1 Å². The lowest BCUT2D eigenvalue weighted by atomic mass is 10.2. The molecular formula is C15H14BrNO3. The summed E-state index contributed by atoms with van der Waals surface area (Å²) in [5.74, 6) is 0.362. The molecule has 0 aliphatic heterocycles. The van der Waals surface area contributed by atoms with Crippen molar-refractivity contribution in [1.82, 2.24) is 0 Å². The Morgan fingerprint density at radius 1 is 1.20 bits per heavy atom. The van der Waals surface area contributed by atoms with E-state index in [9.17, 15) is 4.79 Å². The van der Waals surface area contributed by atoms with E-state index in [1.807, 2.05) is 24.3 Å². The first-order valence-corrected chi connectivity index (χ1v) is 6.74. The fraction of sp³-hybridized carbons (Fsp3) is 0.133. The zero-order chi connectivity index (χ0) is 14.5. The molecule has 0 amide bonds. The highest BCUT2D eigenvalue weighted by atomic mass is 79.9. The van der Waals surface area contributed by atoms with Crippen molar-refractivity contribution in [1.29, 1.82) is 0 Å². The number of nitrogen functional groups attached to an aromatic ring is 1. The van der Waals surface area contributed by atoms with Crippen LogP contribution in [0.5, 0.6) is 5.75 Å². The molecule has 0 saturated carbocycles. The Balaban J connectivity index is 1.98. The molecule has 2 rings (SSSR count). The zero-order valence-corrected chi connectivity index (χ0v) is 12.5. The normalized spacial score (nSPS) is 10.1. The summed E-state index contributed by atoms with van der Waals surface area (Å²) in [6.45, 7) is 0.207. The van der Waals surface area contributed by atoms with E-state index in [0.29, 0.717) is 11.3 Å². The van der Waals surface area contributed by atoms with Gasteiger partial charge in [-0.25, -0.2) is 4.79 Å². The fourth-order valence-corrected chi connectivity index (χ4v) is 1.87. The SMILES string of the molecule is COc1ccc(COC(=O)c2ccc(Br)c(N)c2)cc1. The zero-order valence-electron chi connectivity index (χ0n) is 10.9. The molecule has 0 saturated heterocycles. The first-order chi connectivity index (χ1) is 9.60. The van der Waals surface area contributed by atoms with E-state index in [1.165, 1.54) is 0 Å². The van der Waals surface area contributed by atoms with Crippen LogP contribution in [-0.4, -0.2) is 13.1 Å². The number of halogens is 1. The van der Waals surface area contributed by atoms with Crippen LogP contribution < -0.4 is 10.5 Å². The monoisotopic (exact) mass is 335 g/mol. The van der Waals surface area contributed by atoms with Crippen molar-refractivity contribution in [3.8, 4) is 5.75 Å². The van der Waals surface area contributed by atoms with Gasteiger partial charge in [0.15, 0.2) is 0 Å². The van der Waals surface area contributed by atoms with E-state index in [4.69, 9.17) is 15.2 Å². The molecule has 0 fully saturated rings. The molecule has 0 aliphatic rings. The van der Waals surface area contributed by atoms with Gasteiger partial charge in [0.2, 0.25) is 0 Å². The number of ether oxygens (including phenoxy) is 2. The molecule has 0 bridgehead atoms. The fourth-order valence-electron chi connectivity index (χ4n) is 1.62. The largest absolute Gasteiger partial charge is 0.497 e. The number of carbonyl (C=O) groups is 1. The van der Waals surface area contributed by atoms with Gasteiger partial charge in [0.1, 0.15) is 12.4 Å². The highest BCUT2D eigenvalue weighted by Gasteiger charge is 2.09. The summed E-state index contributed by atoms with van der Waals surface area (Å²) in [6, 6.07) is 12.3. The summed E-state index contributed by atoms with van der Waals surface area (Å²) >= 11 is 3.28. The van der Waals surface area contributed by atoms with Gasteiger partial charge in [0.25, 0.3) is 0 Å². The maximum atomic E-state index is 11.9. The van der Waals surface area contributed by atoms with Crippen LogP contribution in [0.3, 0.4) is 0 Å². The summed E-state index contributed by atoms with van der Waals surface area (Å²) < 4.78 is 11.0. The van der Waals surface area contributed by atoms with Crippen LogP contribution in [0.15, 0.2) is 46.9 Å². The quantitative estimate of drug-likeness (QED) is 0.687. The Morgan fingerprint density at radius 2 is 1.90 bits per heavy atom. The lowest BCUT2D eigenvalue weighted by molar-refractivity contribution is 0.0473. The number of nitrogens with two attached hydrogens (primary N) is 1. The van der Waals surface area contributed by atoms with Crippen molar-refractivity contribution in [3.63, 3.8) is 0 Å². The van der Waals surface area contributed by atoms with Crippen LogP contribution in [0.25, 0.3) is 0 Å². The Morgan fingerprint density at radius 3 is 2.50 bits per heavy atom.